The van der Waals surface area contributed by atoms with E-state index < -0.39 is 0 Å². The molecule has 0 fully saturated rings. The number of para-hydroxylation sites is 1. The third-order valence-corrected chi connectivity index (χ3v) is 6.65. The lowest BCUT2D eigenvalue weighted by Gasteiger charge is -2.18. The molecule has 6 heteroatoms. The fourth-order valence-corrected chi connectivity index (χ4v) is 4.67. The number of benzene rings is 1. The first-order valence-electron chi connectivity index (χ1n) is 8.81. The van der Waals surface area contributed by atoms with Crippen LogP contribution in [0.1, 0.15) is 47.8 Å². The van der Waals surface area contributed by atoms with Gasteiger partial charge in [-0.3, -0.25) is 14.2 Å². The Balaban J connectivity index is 1.93. The van der Waals surface area contributed by atoms with Gasteiger partial charge in [-0.15, -0.1) is 11.3 Å². The van der Waals surface area contributed by atoms with Crippen LogP contribution in [0.5, 0.6) is 0 Å². The van der Waals surface area contributed by atoms with Crippen LogP contribution in [0.25, 0.3) is 10.9 Å². The van der Waals surface area contributed by atoms with Crippen LogP contribution >= 0.6 is 23.1 Å². The van der Waals surface area contributed by atoms with Crippen LogP contribution in [-0.4, -0.2) is 21.1 Å². The van der Waals surface area contributed by atoms with Gasteiger partial charge in [0, 0.05) is 10.9 Å². The minimum absolute atomic E-state index is 0.0330. The number of nitrogens with zero attached hydrogens (tertiary/aromatic N) is 2. The summed E-state index contributed by atoms with van der Waals surface area (Å²) in [7, 11) is 0. The van der Waals surface area contributed by atoms with Crippen LogP contribution in [0.3, 0.4) is 0 Å². The number of hydrogen-bond donors (Lipinski definition) is 0. The van der Waals surface area contributed by atoms with E-state index in [0.29, 0.717) is 16.1 Å². The van der Waals surface area contributed by atoms with Crippen molar-refractivity contribution in [2.45, 2.75) is 44.8 Å². The number of thiophene rings is 1. The molecule has 0 saturated heterocycles. The second-order valence-corrected chi connectivity index (χ2v) is 8.29. The van der Waals surface area contributed by atoms with Gasteiger partial charge >= 0.3 is 0 Å². The summed E-state index contributed by atoms with van der Waals surface area (Å²) in [4.78, 5) is 32.1. The molecule has 0 spiro atoms. The van der Waals surface area contributed by atoms with Crippen LogP contribution < -0.4 is 5.56 Å². The van der Waals surface area contributed by atoms with Crippen molar-refractivity contribution in [2.24, 2.45) is 0 Å². The predicted molar refractivity (Wildman–Crippen MR) is 110 cm³/mol. The van der Waals surface area contributed by atoms with Crippen molar-refractivity contribution in [2.75, 3.05) is 5.75 Å². The summed E-state index contributed by atoms with van der Waals surface area (Å²) >= 11 is 2.89. The van der Waals surface area contributed by atoms with Crippen LogP contribution in [0.15, 0.2) is 46.3 Å². The molecule has 4 nitrogen and oxygen atoms in total. The van der Waals surface area contributed by atoms with Crippen LogP contribution in [0.2, 0.25) is 0 Å². The Kier molecular flexibility index (Phi) is 5.94. The van der Waals surface area contributed by atoms with Crippen molar-refractivity contribution in [3.05, 3.63) is 56.5 Å². The topological polar surface area (TPSA) is 52.0 Å². The number of aromatic nitrogens is 2. The number of Topliss-reactive ketones (excluding diaryl/α,β-unsaturated/α-hetero) is 1. The number of ketones is 1. The first-order chi connectivity index (χ1) is 12.5. The number of carbonyl (C=O) groups is 1. The van der Waals surface area contributed by atoms with E-state index in [1.54, 1.807) is 22.0 Å². The average Bonchev–Trinajstić information content (AvgIpc) is 3.15. The Hall–Kier alpha value is -1.92. The molecule has 0 aliphatic rings. The third-order valence-electron chi connectivity index (χ3n) is 4.42. The van der Waals surface area contributed by atoms with Gasteiger partial charge in [0.1, 0.15) is 0 Å². The highest BCUT2D eigenvalue weighted by Crippen LogP contribution is 2.25. The molecule has 0 saturated carbocycles. The first-order valence-corrected chi connectivity index (χ1v) is 10.6. The summed E-state index contributed by atoms with van der Waals surface area (Å²) < 4.78 is 1.73. The minimum atomic E-state index is -0.0377. The molecular weight excluding hydrogens is 364 g/mol. The normalized spacial score (nSPS) is 12.4. The molecule has 0 aliphatic carbocycles. The molecule has 1 aromatic carbocycles. The first kappa shape index (κ1) is 18.9. The van der Waals surface area contributed by atoms with Gasteiger partial charge in [0.05, 0.1) is 21.5 Å². The molecule has 0 radical (unpaired) electrons. The van der Waals surface area contributed by atoms with Gasteiger partial charge in [0.15, 0.2) is 10.9 Å². The Bertz CT molecular complexity index is 991. The van der Waals surface area contributed by atoms with Gasteiger partial charge in [-0.2, -0.15) is 0 Å². The number of aryl methyl sites for hydroxylation is 1. The number of thioether (sulfide) groups is 1. The third kappa shape index (κ3) is 3.76. The maximum absolute atomic E-state index is 12.9. The van der Waals surface area contributed by atoms with Crippen molar-refractivity contribution < 1.29 is 4.79 Å². The van der Waals surface area contributed by atoms with Gasteiger partial charge in [0.2, 0.25) is 0 Å². The van der Waals surface area contributed by atoms with Crippen molar-refractivity contribution in [1.82, 2.24) is 9.55 Å². The van der Waals surface area contributed by atoms with Crippen LogP contribution in [0.4, 0.5) is 0 Å². The number of fused-ring (bicyclic) bond motifs is 1. The van der Waals surface area contributed by atoms with Crippen LogP contribution in [-0.2, 0) is 6.42 Å². The van der Waals surface area contributed by atoms with Crippen molar-refractivity contribution in [3.63, 3.8) is 0 Å². The highest BCUT2D eigenvalue weighted by atomic mass is 32.2. The summed E-state index contributed by atoms with van der Waals surface area (Å²) in [6.45, 7) is 6.14. The molecule has 0 N–H and O–H groups in total. The van der Waals surface area contributed by atoms with Crippen molar-refractivity contribution >= 4 is 39.8 Å². The zero-order valence-electron chi connectivity index (χ0n) is 15.2. The molecule has 0 amide bonds. The van der Waals surface area contributed by atoms with Crippen LogP contribution in [0, 0.1) is 0 Å². The van der Waals surface area contributed by atoms with E-state index in [2.05, 4.69) is 11.9 Å². The molecule has 0 aliphatic heterocycles. The maximum atomic E-state index is 12.9. The van der Waals surface area contributed by atoms with E-state index >= 15 is 0 Å². The predicted octanol–water partition coefficient (Wildman–Crippen LogP) is 4.97. The smallest absolute Gasteiger partial charge is 0.262 e. The van der Waals surface area contributed by atoms with Gasteiger partial charge in [0.25, 0.3) is 5.56 Å². The van der Waals surface area contributed by atoms with Crippen molar-refractivity contribution in [3.8, 4) is 0 Å². The van der Waals surface area contributed by atoms with E-state index in [9.17, 15) is 9.59 Å². The fraction of sp³-hybridized carbons (Fsp3) is 0.350. The minimum Gasteiger partial charge on any atom is -0.292 e. The average molecular weight is 387 g/mol. The number of hydrogen-bond acceptors (Lipinski definition) is 5. The lowest BCUT2D eigenvalue weighted by molar-refractivity contribution is 0.102. The molecule has 2 heterocycles. The second-order valence-electron chi connectivity index (χ2n) is 6.18. The zero-order valence-corrected chi connectivity index (χ0v) is 16.8. The highest BCUT2D eigenvalue weighted by molar-refractivity contribution is 7.99. The van der Waals surface area contributed by atoms with Gasteiger partial charge in [-0.25, -0.2) is 4.98 Å². The molecule has 3 aromatic rings. The molecule has 1 atom stereocenters. The summed E-state index contributed by atoms with van der Waals surface area (Å²) in [6.07, 6.45) is 1.76. The monoisotopic (exact) mass is 386 g/mol. The quantitative estimate of drug-likeness (QED) is 0.327. The summed E-state index contributed by atoms with van der Waals surface area (Å²) in [6, 6.07) is 11.3. The molecule has 0 unspecified atom stereocenters. The summed E-state index contributed by atoms with van der Waals surface area (Å²) in [5.41, 5.74) is 0.640. The highest BCUT2D eigenvalue weighted by Gasteiger charge is 2.17. The fourth-order valence-electron chi connectivity index (χ4n) is 2.72. The number of rotatable bonds is 7. The standard InChI is InChI=1S/C20H22N2O2S2/c1-4-13(3)22-19(24)15-8-6-7-9-16(15)21-20(22)25-12-17(23)18-11-10-14(5-2)26-18/h6-11,13H,4-5,12H2,1-3H3/t13-/m1/s1. The SMILES string of the molecule is CCc1ccc(C(=O)CSc2nc3ccccc3c(=O)n2[C@H](C)CC)s1. The molecule has 26 heavy (non-hydrogen) atoms. The summed E-state index contributed by atoms with van der Waals surface area (Å²) in [5, 5.41) is 1.23. The van der Waals surface area contributed by atoms with Gasteiger partial charge < -0.3 is 0 Å². The molecule has 2 aromatic heterocycles. The molecule has 0 bridgehead atoms. The van der Waals surface area contributed by atoms with Gasteiger partial charge in [-0.1, -0.05) is 37.7 Å². The Morgan fingerprint density at radius 3 is 2.69 bits per heavy atom. The van der Waals surface area contributed by atoms with E-state index in [0.717, 1.165) is 17.7 Å². The number of carbonyl (C=O) groups excluding carboxylic acids is 1. The Morgan fingerprint density at radius 1 is 1.23 bits per heavy atom. The van der Waals surface area contributed by atoms with E-state index in [1.165, 1.54) is 16.6 Å². The van der Waals surface area contributed by atoms with Gasteiger partial charge in [-0.05, 0) is 44.0 Å². The lowest BCUT2D eigenvalue weighted by Crippen LogP contribution is -2.26. The Labute approximate surface area is 161 Å². The van der Waals surface area contributed by atoms with Crippen molar-refractivity contribution in [1.29, 1.82) is 0 Å². The molecular formula is C20H22N2O2S2. The molecule has 3 rings (SSSR count). The second kappa shape index (κ2) is 8.18. The molecule has 136 valence electrons. The largest absolute Gasteiger partial charge is 0.292 e. The van der Waals surface area contributed by atoms with E-state index in [-0.39, 0.29) is 23.1 Å². The van der Waals surface area contributed by atoms with E-state index in [1.807, 2.05) is 44.2 Å². The Morgan fingerprint density at radius 2 is 2.00 bits per heavy atom. The zero-order chi connectivity index (χ0) is 18.7. The maximum Gasteiger partial charge on any atom is 0.262 e. The summed E-state index contributed by atoms with van der Waals surface area (Å²) in [5.74, 6) is 0.364. The lowest BCUT2D eigenvalue weighted by atomic mass is 10.2. The van der Waals surface area contributed by atoms with E-state index in [4.69, 9.17) is 0 Å².